The molecule has 1 atom stereocenters. The van der Waals surface area contributed by atoms with Gasteiger partial charge in [-0.2, -0.15) is 16.5 Å². The summed E-state index contributed by atoms with van der Waals surface area (Å²) in [4.78, 5) is 25.3. The molecule has 0 spiro atoms. The van der Waals surface area contributed by atoms with Crippen LogP contribution < -0.4 is 10.0 Å². The van der Waals surface area contributed by atoms with Crippen LogP contribution in [-0.2, 0) is 26.2 Å². The van der Waals surface area contributed by atoms with Gasteiger partial charge in [-0.15, -0.1) is 0 Å². The molecule has 2 aromatic carbocycles. The Balaban J connectivity index is 2.18. The lowest BCUT2D eigenvalue weighted by Gasteiger charge is -2.19. The number of hydrogen-bond acceptors (Lipinski definition) is 5. The average Bonchev–Trinajstić information content (AvgIpc) is 2.71. The standard InChI is InChI=1S/C21H26FN3O4S2/c1-15(26)25(2)14-16-7-6-8-17(13-16)23-21(27)19(11-12-30-3)24-31(28,29)20-10-5-4-9-18(20)22/h4-10,13,19,24H,11-12,14H2,1-3H3,(H,23,27). The predicted octanol–water partition coefficient (Wildman–Crippen LogP) is 2.84. The number of sulfonamides is 1. The normalized spacial score (nSPS) is 12.3. The van der Waals surface area contributed by atoms with Crippen LogP contribution in [0.25, 0.3) is 0 Å². The molecule has 0 bridgehead atoms. The van der Waals surface area contributed by atoms with E-state index in [-0.39, 0.29) is 12.3 Å². The van der Waals surface area contributed by atoms with Crippen molar-refractivity contribution < 1.29 is 22.4 Å². The maximum absolute atomic E-state index is 14.0. The van der Waals surface area contributed by atoms with Crippen LogP contribution in [-0.4, -0.2) is 50.2 Å². The van der Waals surface area contributed by atoms with E-state index in [2.05, 4.69) is 10.0 Å². The second kappa shape index (κ2) is 11.3. The molecule has 31 heavy (non-hydrogen) atoms. The van der Waals surface area contributed by atoms with Gasteiger partial charge in [0.05, 0.1) is 0 Å². The van der Waals surface area contributed by atoms with Gasteiger partial charge in [-0.3, -0.25) is 9.59 Å². The summed E-state index contributed by atoms with van der Waals surface area (Å²) in [7, 11) is -2.56. The highest BCUT2D eigenvalue weighted by Gasteiger charge is 2.27. The van der Waals surface area contributed by atoms with Gasteiger partial charge in [0, 0.05) is 26.2 Å². The van der Waals surface area contributed by atoms with Gasteiger partial charge < -0.3 is 10.2 Å². The predicted molar refractivity (Wildman–Crippen MR) is 121 cm³/mol. The van der Waals surface area contributed by atoms with E-state index < -0.39 is 32.7 Å². The van der Waals surface area contributed by atoms with Crippen LogP contribution in [0.5, 0.6) is 0 Å². The van der Waals surface area contributed by atoms with E-state index in [1.807, 2.05) is 12.3 Å². The van der Waals surface area contributed by atoms with Crippen molar-refractivity contribution in [1.29, 1.82) is 0 Å². The average molecular weight is 468 g/mol. The minimum Gasteiger partial charge on any atom is -0.342 e. The van der Waals surface area contributed by atoms with E-state index in [0.29, 0.717) is 18.0 Å². The van der Waals surface area contributed by atoms with Crippen molar-refractivity contribution in [3.05, 3.63) is 59.9 Å². The van der Waals surface area contributed by atoms with Crippen LogP contribution in [0.15, 0.2) is 53.4 Å². The van der Waals surface area contributed by atoms with Crippen molar-refractivity contribution in [2.45, 2.75) is 30.8 Å². The van der Waals surface area contributed by atoms with Crippen molar-refractivity contribution in [3.63, 3.8) is 0 Å². The zero-order chi connectivity index (χ0) is 23.0. The number of nitrogens with one attached hydrogen (secondary N) is 2. The Hall–Kier alpha value is -2.43. The lowest BCUT2D eigenvalue weighted by Crippen LogP contribution is -2.44. The summed E-state index contributed by atoms with van der Waals surface area (Å²) in [6, 6.07) is 10.9. The lowest BCUT2D eigenvalue weighted by molar-refractivity contribution is -0.128. The van der Waals surface area contributed by atoms with Crippen LogP contribution in [0, 0.1) is 5.82 Å². The van der Waals surface area contributed by atoms with Gasteiger partial charge in [0.25, 0.3) is 0 Å². The smallest absolute Gasteiger partial charge is 0.244 e. The fourth-order valence-corrected chi connectivity index (χ4v) is 4.53. The van der Waals surface area contributed by atoms with Gasteiger partial charge in [0.2, 0.25) is 21.8 Å². The van der Waals surface area contributed by atoms with Crippen molar-refractivity contribution in [1.82, 2.24) is 9.62 Å². The van der Waals surface area contributed by atoms with Gasteiger partial charge in [-0.25, -0.2) is 12.8 Å². The SMILES string of the molecule is CSCCC(NS(=O)(=O)c1ccccc1F)C(=O)Nc1cccc(CN(C)C(C)=O)c1. The van der Waals surface area contributed by atoms with Gasteiger partial charge >= 0.3 is 0 Å². The third kappa shape index (κ3) is 7.34. The Labute approximate surface area is 186 Å². The molecule has 0 saturated heterocycles. The van der Waals surface area contributed by atoms with Crippen LogP contribution in [0.1, 0.15) is 18.9 Å². The monoisotopic (exact) mass is 467 g/mol. The summed E-state index contributed by atoms with van der Waals surface area (Å²) in [5, 5.41) is 2.71. The number of thioether (sulfide) groups is 1. The first-order valence-electron chi connectivity index (χ1n) is 9.51. The molecule has 0 aromatic heterocycles. The molecule has 1 unspecified atom stereocenters. The zero-order valence-corrected chi connectivity index (χ0v) is 19.2. The number of carbonyl (C=O) groups excluding carboxylic acids is 2. The summed E-state index contributed by atoms with van der Waals surface area (Å²) in [6.45, 7) is 1.83. The van der Waals surface area contributed by atoms with E-state index >= 15 is 0 Å². The fraction of sp³-hybridized carbons (Fsp3) is 0.333. The van der Waals surface area contributed by atoms with Crippen LogP contribution in [0.3, 0.4) is 0 Å². The molecule has 2 aromatic rings. The molecular weight excluding hydrogens is 441 g/mol. The fourth-order valence-electron chi connectivity index (χ4n) is 2.75. The molecule has 10 heteroatoms. The second-order valence-electron chi connectivity index (χ2n) is 6.95. The molecule has 0 aliphatic rings. The van der Waals surface area contributed by atoms with E-state index in [0.717, 1.165) is 17.7 Å². The highest BCUT2D eigenvalue weighted by molar-refractivity contribution is 7.98. The molecule has 7 nitrogen and oxygen atoms in total. The highest BCUT2D eigenvalue weighted by atomic mass is 32.2. The number of rotatable bonds is 10. The molecule has 0 radical (unpaired) electrons. The number of carbonyl (C=O) groups is 2. The van der Waals surface area contributed by atoms with Crippen molar-refractivity contribution in [3.8, 4) is 0 Å². The molecule has 0 saturated carbocycles. The number of halogens is 1. The summed E-state index contributed by atoms with van der Waals surface area (Å²) >= 11 is 1.46. The maximum atomic E-state index is 14.0. The molecule has 0 fully saturated rings. The van der Waals surface area contributed by atoms with Gasteiger partial charge in [-0.05, 0) is 48.3 Å². The zero-order valence-electron chi connectivity index (χ0n) is 17.6. The number of benzene rings is 2. The topological polar surface area (TPSA) is 95.6 Å². The van der Waals surface area contributed by atoms with E-state index in [1.54, 1.807) is 25.2 Å². The van der Waals surface area contributed by atoms with E-state index in [4.69, 9.17) is 0 Å². The molecule has 2 N–H and O–H groups in total. The van der Waals surface area contributed by atoms with Crippen molar-refractivity contribution in [2.75, 3.05) is 24.4 Å². The van der Waals surface area contributed by atoms with Gasteiger partial charge in [0.1, 0.15) is 16.8 Å². The highest BCUT2D eigenvalue weighted by Crippen LogP contribution is 2.17. The van der Waals surface area contributed by atoms with Crippen LogP contribution in [0.4, 0.5) is 10.1 Å². The number of nitrogens with zero attached hydrogens (tertiary/aromatic N) is 1. The summed E-state index contributed by atoms with van der Waals surface area (Å²) in [5.74, 6) is -0.997. The van der Waals surface area contributed by atoms with Crippen LogP contribution >= 0.6 is 11.8 Å². The minimum atomic E-state index is -4.23. The Morgan fingerprint density at radius 2 is 1.87 bits per heavy atom. The number of amides is 2. The first-order valence-corrected chi connectivity index (χ1v) is 12.4. The summed E-state index contributed by atoms with van der Waals surface area (Å²) < 4.78 is 41.6. The minimum absolute atomic E-state index is 0.0888. The van der Waals surface area contributed by atoms with E-state index in [1.165, 1.54) is 35.7 Å². The Morgan fingerprint density at radius 1 is 1.16 bits per heavy atom. The van der Waals surface area contributed by atoms with Gasteiger partial charge in [0.15, 0.2) is 0 Å². The van der Waals surface area contributed by atoms with Crippen molar-refractivity contribution >= 4 is 39.3 Å². The van der Waals surface area contributed by atoms with Gasteiger partial charge in [-0.1, -0.05) is 24.3 Å². The number of anilines is 1. The summed E-state index contributed by atoms with van der Waals surface area (Å²) in [6.07, 6.45) is 2.07. The van der Waals surface area contributed by atoms with Crippen molar-refractivity contribution in [2.24, 2.45) is 0 Å². The van der Waals surface area contributed by atoms with E-state index in [9.17, 15) is 22.4 Å². The molecule has 0 heterocycles. The summed E-state index contributed by atoms with van der Waals surface area (Å²) in [5.41, 5.74) is 1.28. The quantitative estimate of drug-likeness (QED) is 0.560. The second-order valence-corrected chi connectivity index (χ2v) is 9.62. The third-order valence-electron chi connectivity index (χ3n) is 4.50. The van der Waals surface area contributed by atoms with Crippen LogP contribution in [0.2, 0.25) is 0 Å². The molecule has 0 aliphatic carbocycles. The maximum Gasteiger partial charge on any atom is 0.244 e. The third-order valence-corrected chi connectivity index (χ3v) is 6.65. The lowest BCUT2D eigenvalue weighted by atomic mass is 10.1. The molecule has 2 amide bonds. The molecular formula is C21H26FN3O4S2. The largest absolute Gasteiger partial charge is 0.342 e. The molecule has 168 valence electrons. The Bertz CT molecular complexity index is 1030. The number of hydrogen-bond donors (Lipinski definition) is 2. The first-order chi connectivity index (χ1) is 14.6. The molecule has 2 rings (SSSR count). The molecule has 0 aliphatic heterocycles. The first kappa shape index (κ1) is 24.8. The Kier molecular flexibility index (Phi) is 9.02. The Morgan fingerprint density at radius 3 is 2.52 bits per heavy atom.